The maximum absolute atomic E-state index is 12.2. The highest BCUT2D eigenvalue weighted by Crippen LogP contribution is 2.18. The minimum absolute atomic E-state index is 0.0158. The molecule has 1 heterocycles. The molecule has 0 aliphatic carbocycles. The Morgan fingerprint density at radius 3 is 2.42 bits per heavy atom. The molecule has 0 bridgehead atoms. The topological polar surface area (TPSA) is 112 Å². The maximum Gasteiger partial charge on any atom is 0.322 e. The standard InChI is InChI=1S/C11H19N3O4S/c1-5-6(2)9(11(15)16)14-19(17,18)10-7(3)12-13-8(10)4/h6,9,14H,5H2,1-4H3,(H,12,13)(H,15,16). The molecular formula is C11H19N3O4S. The van der Waals surface area contributed by atoms with Gasteiger partial charge in [-0.05, 0) is 19.8 Å². The van der Waals surface area contributed by atoms with Crippen molar-refractivity contribution in [1.82, 2.24) is 14.9 Å². The van der Waals surface area contributed by atoms with Crippen LogP contribution >= 0.6 is 0 Å². The molecule has 0 spiro atoms. The van der Waals surface area contributed by atoms with E-state index in [2.05, 4.69) is 14.9 Å². The van der Waals surface area contributed by atoms with E-state index in [1.807, 2.05) is 6.92 Å². The van der Waals surface area contributed by atoms with Crippen LogP contribution in [-0.4, -0.2) is 35.7 Å². The third-order valence-corrected chi connectivity index (χ3v) is 4.79. The van der Waals surface area contributed by atoms with Crippen LogP contribution in [0.2, 0.25) is 0 Å². The number of nitrogens with one attached hydrogen (secondary N) is 2. The van der Waals surface area contributed by atoms with Crippen LogP contribution in [0.4, 0.5) is 0 Å². The molecule has 0 aromatic carbocycles. The smallest absolute Gasteiger partial charge is 0.322 e. The molecule has 1 rings (SSSR count). The van der Waals surface area contributed by atoms with Crippen molar-refractivity contribution in [3.8, 4) is 0 Å². The first-order chi connectivity index (χ1) is 8.70. The van der Waals surface area contributed by atoms with Crippen LogP contribution in [0.5, 0.6) is 0 Å². The molecule has 0 saturated heterocycles. The minimum Gasteiger partial charge on any atom is -0.480 e. The largest absolute Gasteiger partial charge is 0.480 e. The van der Waals surface area contributed by atoms with Gasteiger partial charge in [0.05, 0.1) is 11.4 Å². The number of H-pyrrole nitrogens is 1. The van der Waals surface area contributed by atoms with Crippen molar-refractivity contribution in [3.05, 3.63) is 11.4 Å². The number of aryl methyl sites for hydroxylation is 2. The second kappa shape index (κ2) is 5.70. The lowest BCUT2D eigenvalue weighted by Crippen LogP contribution is -2.45. The molecule has 2 unspecified atom stereocenters. The summed E-state index contributed by atoms with van der Waals surface area (Å²) in [6.07, 6.45) is 0.558. The zero-order valence-electron chi connectivity index (χ0n) is 11.4. The second-order valence-corrected chi connectivity index (χ2v) is 6.24. The first kappa shape index (κ1) is 15.6. The van der Waals surface area contributed by atoms with Crippen LogP contribution in [0.3, 0.4) is 0 Å². The fraction of sp³-hybridized carbons (Fsp3) is 0.636. The van der Waals surface area contributed by atoms with Crippen LogP contribution in [-0.2, 0) is 14.8 Å². The Hall–Kier alpha value is -1.41. The SMILES string of the molecule is CCC(C)C(NS(=O)(=O)c1c(C)n[nH]c1C)C(=O)O. The number of carboxylic acid groups (broad SMARTS) is 1. The average Bonchev–Trinajstić information content (AvgIpc) is 2.65. The molecule has 2 atom stereocenters. The molecule has 8 heteroatoms. The molecule has 1 aromatic rings. The van der Waals surface area contributed by atoms with E-state index < -0.39 is 22.0 Å². The summed E-state index contributed by atoms with van der Waals surface area (Å²) in [5.74, 6) is -1.49. The summed E-state index contributed by atoms with van der Waals surface area (Å²) in [5.41, 5.74) is 0.705. The molecule has 0 saturated carbocycles. The Labute approximate surface area is 112 Å². The van der Waals surface area contributed by atoms with Crippen molar-refractivity contribution in [1.29, 1.82) is 0 Å². The molecule has 0 aliphatic heterocycles. The third-order valence-electron chi connectivity index (χ3n) is 3.09. The Morgan fingerprint density at radius 1 is 1.47 bits per heavy atom. The lowest BCUT2D eigenvalue weighted by Gasteiger charge is -2.20. The van der Waals surface area contributed by atoms with Gasteiger partial charge in [-0.3, -0.25) is 9.89 Å². The predicted molar refractivity (Wildman–Crippen MR) is 69.3 cm³/mol. The zero-order chi connectivity index (χ0) is 14.8. The number of hydrogen-bond donors (Lipinski definition) is 3. The molecule has 0 radical (unpaired) electrons. The first-order valence-corrected chi connectivity index (χ1v) is 7.45. The van der Waals surface area contributed by atoms with E-state index in [9.17, 15) is 13.2 Å². The Kier molecular flexibility index (Phi) is 4.70. The number of aromatic amines is 1. The van der Waals surface area contributed by atoms with Crippen LogP contribution in [0.15, 0.2) is 4.90 Å². The average molecular weight is 289 g/mol. The molecule has 1 aromatic heterocycles. The zero-order valence-corrected chi connectivity index (χ0v) is 12.2. The van der Waals surface area contributed by atoms with E-state index in [4.69, 9.17) is 5.11 Å². The molecular weight excluding hydrogens is 270 g/mol. The summed E-state index contributed by atoms with van der Waals surface area (Å²) >= 11 is 0. The second-order valence-electron chi connectivity index (χ2n) is 4.59. The van der Waals surface area contributed by atoms with Crippen molar-refractivity contribution in [2.75, 3.05) is 0 Å². The summed E-state index contributed by atoms with van der Waals surface area (Å²) in [4.78, 5) is 11.2. The van der Waals surface area contributed by atoms with Gasteiger partial charge in [-0.1, -0.05) is 20.3 Å². The van der Waals surface area contributed by atoms with Gasteiger partial charge >= 0.3 is 5.97 Å². The fourth-order valence-corrected chi connectivity index (χ4v) is 3.48. The van der Waals surface area contributed by atoms with Gasteiger partial charge in [-0.2, -0.15) is 9.82 Å². The van der Waals surface area contributed by atoms with Gasteiger partial charge in [0.25, 0.3) is 0 Å². The highest BCUT2D eigenvalue weighted by atomic mass is 32.2. The lowest BCUT2D eigenvalue weighted by molar-refractivity contribution is -0.140. The monoisotopic (exact) mass is 289 g/mol. The quantitative estimate of drug-likeness (QED) is 0.717. The van der Waals surface area contributed by atoms with Gasteiger partial charge in [0.1, 0.15) is 10.9 Å². The van der Waals surface area contributed by atoms with Crippen molar-refractivity contribution < 1.29 is 18.3 Å². The Bertz CT molecular complexity index is 545. The normalized spacial score (nSPS) is 15.2. The van der Waals surface area contributed by atoms with Gasteiger partial charge in [0, 0.05) is 0 Å². The lowest BCUT2D eigenvalue weighted by atomic mass is 10.0. The van der Waals surface area contributed by atoms with E-state index in [0.717, 1.165) is 0 Å². The summed E-state index contributed by atoms with van der Waals surface area (Å²) in [5, 5.41) is 15.5. The van der Waals surface area contributed by atoms with E-state index in [0.29, 0.717) is 17.8 Å². The molecule has 7 nitrogen and oxygen atoms in total. The molecule has 0 fully saturated rings. The summed E-state index contributed by atoms with van der Waals surface area (Å²) in [6, 6.07) is -1.15. The first-order valence-electron chi connectivity index (χ1n) is 5.97. The highest BCUT2D eigenvalue weighted by Gasteiger charge is 2.31. The van der Waals surface area contributed by atoms with Crippen LogP contribution in [0.25, 0.3) is 0 Å². The van der Waals surface area contributed by atoms with Crippen molar-refractivity contribution in [3.63, 3.8) is 0 Å². The van der Waals surface area contributed by atoms with Crippen molar-refractivity contribution in [2.45, 2.75) is 45.1 Å². The van der Waals surface area contributed by atoms with Gasteiger partial charge in [0.15, 0.2) is 0 Å². The van der Waals surface area contributed by atoms with E-state index >= 15 is 0 Å². The van der Waals surface area contributed by atoms with Gasteiger partial charge in [-0.25, -0.2) is 8.42 Å². The Morgan fingerprint density at radius 2 is 2.05 bits per heavy atom. The van der Waals surface area contributed by atoms with Crippen molar-refractivity contribution >= 4 is 16.0 Å². The fourth-order valence-electron chi connectivity index (χ4n) is 1.81. The number of carbonyl (C=O) groups is 1. The van der Waals surface area contributed by atoms with E-state index in [-0.39, 0.29) is 10.8 Å². The number of aliphatic carboxylic acids is 1. The Balaban J connectivity index is 3.12. The van der Waals surface area contributed by atoms with Gasteiger partial charge < -0.3 is 5.11 Å². The molecule has 3 N–H and O–H groups in total. The molecule has 0 amide bonds. The summed E-state index contributed by atoms with van der Waals surface area (Å²) in [6.45, 7) is 6.63. The number of nitrogens with zero attached hydrogens (tertiary/aromatic N) is 1. The minimum atomic E-state index is -3.90. The van der Waals surface area contributed by atoms with Crippen molar-refractivity contribution in [2.24, 2.45) is 5.92 Å². The van der Waals surface area contributed by atoms with Gasteiger partial charge in [0.2, 0.25) is 10.0 Å². The van der Waals surface area contributed by atoms with Gasteiger partial charge in [-0.15, -0.1) is 0 Å². The molecule has 0 aliphatic rings. The van der Waals surface area contributed by atoms with Crippen LogP contribution < -0.4 is 4.72 Å². The number of aromatic nitrogens is 2. The number of hydrogen-bond acceptors (Lipinski definition) is 4. The predicted octanol–water partition coefficient (Wildman–Crippen LogP) is 0.804. The van der Waals surface area contributed by atoms with Crippen LogP contribution in [0.1, 0.15) is 31.7 Å². The summed E-state index contributed by atoms with van der Waals surface area (Å²) < 4.78 is 26.7. The van der Waals surface area contributed by atoms with E-state index in [1.54, 1.807) is 20.8 Å². The molecule has 108 valence electrons. The maximum atomic E-state index is 12.2. The van der Waals surface area contributed by atoms with Crippen LogP contribution in [0, 0.1) is 19.8 Å². The number of sulfonamides is 1. The number of carboxylic acids is 1. The highest BCUT2D eigenvalue weighted by molar-refractivity contribution is 7.89. The third kappa shape index (κ3) is 3.32. The molecule has 19 heavy (non-hydrogen) atoms. The van der Waals surface area contributed by atoms with E-state index in [1.165, 1.54) is 0 Å². The summed E-state index contributed by atoms with van der Waals surface area (Å²) in [7, 11) is -3.90. The number of rotatable bonds is 6.